The maximum atomic E-state index is 11.8. The molecule has 0 radical (unpaired) electrons. The maximum absolute atomic E-state index is 11.8. The number of rotatable bonds is 6. The van der Waals surface area contributed by atoms with Crippen LogP contribution in [0.4, 0.5) is 4.79 Å². The summed E-state index contributed by atoms with van der Waals surface area (Å²) in [6.07, 6.45) is -2.19. The minimum Gasteiger partial charge on any atom is -0.479 e. The van der Waals surface area contributed by atoms with Crippen molar-refractivity contribution in [3.8, 4) is 11.1 Å². The molecule has 1 aliphatic carbocycles. The summed E-state index contributed by atoms with van der Waals surface area (Å²) in [6.45, 7) is 0.228. The van der Waals surface area contributed by atoms with E-state index >= 15 is 0 Å². The number of hydrogen-bond donors (Lipinski definition) is 3. The first-order chi connectivity index (χ1) is 12.1. The lowest BCUT2D eigenvalue weighted by Gasteiger charge is -2.14. The van der Waals surface area contributed by atoms with Crippen LogP contribution in [-0.2, 0) is 9.53 Å². The van der Waals surface area contributed by atoms with Gasteiger partial charge in [-0.15, -0.1) is 0 Å². The number of carboxylic acid groups (broad SMARTS) is 1. The van der Waals surface area contributed by atoms with Crippen LogP contribution in [0, 0.1) is 0 Å². The molecule has 0 aliphatic heterocycles. The van der Waals surface area contributed by atoms with E-state index in [1.54, 1.807) is 0 Å². The fourth-order valence-electron chi connectivity index (χ4n) is 3.08. The number of nitrogens with one attached hydrogen (secondary N) is 1. The van der Waals surface area contributed by atoms with Gasteiger partial charge >= 0.3 is 12.1 Å². The predicted octanol–water partition coefficient (Wildman–Crippen LogP) is 2.36. The molecule has 0 fully saturated rings. The van der Waals surface area contributed by atoms with Crippen LogP contribution in [0.2, 0.25) is 0 Å². The zero-order valence-corrected chi connectivity index (χ0v) is 13.5. The molecule has 0 spiro atoms. The first kappa shape index (κ1) is 17.0. The highest BCUT2D eigenvalue weighted by molar-refractivity contribution is 5.79. The van der Waals surface area contributed by atoms with E-state index in [4.69, 9.17) is 14.9 Å². The second-order valence-electron chi connectivity index (χ2n) is 5.90. The summed E-state index contributed by atoms with van der Waals surface area (Å²) in [7, 11) is 0. The maximum Gasteiger partial charge on any atom is 0.407 e. The number of amides is 1. The van der Waals surface area contributed by atoms with Gasteiger partial charge < -0.3 is 20.3 Å². The fourth-order valence-corrected chi connectivity index (χ4v) is 3.08. The van der Waals surface area contributed by atoms with Crippen molar-refractivity contribution in [1.82, 2.24) is 5.32 Å². The van der Waals surface area contributed by atoms with Crippen molar-refractivity contribution in [3.05, 3.63) is 59.7 Å². The first-order valence-electron chi connectivity index (χ1n) is 8.07. The Balaban J connectivity index is 1.60. The Kier molecular flexibility index (Phi) is 5.00. The Hall–Kier alpha value is -2.86. The number of alkyl carbamates (subject to hydrolysis) is 1. The number of aliphatic hydroxyl groups is 1. The van der Waals surface area contributed by atoms with E-state index in [0.29, 0.717) is 0 Å². The van der Waals surface area contributed by atoms with Crippen LogP contribution >= 0.6 is 0 Å². The topological polar surface area (TPSA) is 95.9 Å². The molecule has 0 aromatic heterocycles. The second-order valence-corrected chi connectivity index (χ2v) is 5.90. The molecule has 3 rings (SSSR count). The molecule has 0 saturated carbocycles. The van der Waals surface area contributed by atoms with Crippen LogP contribution in [0.1, 0.15) is 23.5 Å². The van der Waals surface area contributed by atoms with Crippen molar-refractivity contribution in [2.75, 3.05) is 13.2 Å². The molecule has 1 amide bonds. The molecule has 6 nitrogen and oxygen atoms in total. The smallest absolute Gasteiger partial charge is 0.407 e. The summed E-state index contributed by atoms with van der Waals surface area (Å²) in [5.41, 5.74) is 4.55. The van der Waals surface area contributed by atoms with Gasteiger partial charge in [-0.3, -0.25) is 0 Å². The van der Waals surface area contributed by atoms with Crippen molar-refractivity contribution in [2.24, 2.45) is 0 Å². The third-order valence-corrected chi connectivity index (χ3v) is 4.32. The molecular weight excluding hydrogens is 322 g/mol. The van der Waals surface area contributed by atoms with Crippen LogP contribution < -0.4 is 5.32 Å². The van der Waals surface area contributed by atoms with Crippen LogP contribution in [0.25, 0.3) is 11.1 Å². The number of carboxylic acids is 1. The Labute approximate surface area is 145 Å². The molecule has 0 bridgehead atoms. The van der Waals surface area contributed by atoms with E-state index in [2.05, 4.69) is 17.4 Å². The summed E-state index contributed by atoms with van der Waals surface area (Å²) in [5, 5.41) is 20.2. The number of aliphatic hydroxyl groups excluding tert-OH is 1. The minimum atomic E-state index is -1.49. The molecule has 3 N–H and O–H groups in total. The van der Waals surface area contributed by atoms with Gasteiger partial charge in [0.15, 0.2) is 6.10 Å². The normalized spacial score (nSPS) is 13.6. The Morgan fingerprint density at radius 2 is 1.60 bits per heavy atom. The molecule has 25 heavy (non-hydrogen) atoms. The van der Waals surface area contributed by atoms with E-state index in [1.807, 2.05) is 36.4 Å². The standard InChI is InChI=1S/C19H19NO5/c21-17(18(22)23)9-10-20-19(24)25-11-16-14-7-3-1-5-12(14)13-6-2-4-8-15(13)16/h1-8,16-17,21H,9-11H2,(H,20,24)(H,22,23)/t17-/m1/s1. The monoisotopic (exact) mass is 341 g/mol. The van der Waals surface area contributed by atoms with Crippen LogP contribution in [0.15, 0.2) is 48.5 Å². The number of fused-ring (bicyclic) bond motifs is 3. The van der Waals surface area contributed by atoms with Crippen molar-refractivity contribution in [1.29, 1.82) is 0 Å². The van der Waals surface area contributed by atoms with Crippen LogP contribution in [0.3, 0.4) is 0 Å². The molecule has 1 aliphatic rings. The third-order valence-electron chi connectivity index (χ3n) is 4.32. The summed E-state index contributed by atoms with van der Waals surface area (Å²) in [4.78, 5) is 22.3. The van der Waals surface area contributed by atoms with E-state index in [-0.39, 0.29) is 25.5 Å². The fraction of sp³-hybridized carbons (Fsp3) is 0.263. The van der Waals surface area contributed by atoms with E-state index in [1.165, 1.54) is 0 Å². The molecule has 2 aromatic rings. The number of carbonyl (C=O) groups is 2. The lowest BCUT2D eigenvalue weighted by Crippen LogP contribution is -2.31. The van der Waals surface area contributed by atoms with Gasteiger partial charge in [-0.25, -0.2) is 9.59 Å². The summed E-state index contributed by atoms with van der Waals surface area (Å²) < 4.78 is 5.30. The number of carbonyl (C=O) groups excluding carboxylic acids is 1. The predicted molar refractivity (Wildman–Crippen MR) is 91.3 cm³/mol. The van der Waals surface area contributed by atoms with E-state index < -0.39 is 18.2 Å². The van der Waals surface area contributed by atoms with Crippen LogP contribution in [0.5, 0.6) is 0 Å². The lowest BCUT2D eigenvalue weighted by atomic mass is 9.98. The lowest BCUT2D eigenvalue weighted by molar-refractivity contribution is -0.146. The highest BCUT2D eigenvalue weighted by atomic mass is 16.5. The number of benzene rings is 2. The first-order valence-corrected chi connectivity index (χ1v) is 8.07. The molecule has 2 aromatic carbocycles. The number of aliphatic carboxylic acids is 1. The zero-order chi connectivity index (χ0) is 17.8. The highest BCUT2D eigenvalue weighted by Crippen LogP contribution is 2.44. The third kappa shape index (κ3) is 3.64. The van der Waals surface area contributed by atoms with Crippen LogP contribution in [-0.4, -0.2) is 41.5 Å². The van der Waals surface area contributed by atoms with E-state index in [0.717, 1.165) is 22.3 Å². The van der Waals surface area contributed by atoms with Crippen molar-refractivity contribution >= 4 is 12.1 Å². The van der Waals surface area contributed by atoms with Crippen molar-refractivity contribution in [3.63, 3.8) is 0 Å². The molecule has 0 unspecified atom stereocenters. The molecule has 0 saturated heterocycles. The number of hydrogen-bond acceptors (Lipinski definition) is 4. The van der Waals surface area contributed by atoms with Gasteiger partial charge in [0.1, 0.15) is 6.61 Å². The van der Waals surface area contributed by atoms with Gasteiger partial charge in [0.2, 0.25) is 0 Å². The highest BCUT2D eigenvalue weighted by Gasteiger charge is 2.28. The number of ether oxygens (including phenoxy) is 1. The largest absolute Gasteiger partial charge is 0.479 e. The Bertz CT molecular complexity index is 743. The molecule has 1 atom stereocenters. The average molecular weight is 341 g/mol. The molecular formula is C19H19NO5. The van der Waals surface area contributed by atoms with Crippen molar-refractivity contribution in [2.45, 2.75) is 18.4 Å². The molecule has 6 heteroatoms. The zero-order valence-electron chi connectivity index (χ0n) is 13.5. The Morgan fingerprint density at radius 3 is 2.16 bits per heavy atom. The van der Waals surface area contributed by atoms with Gasteiger partial charge in [-0.1, -0.05) is 48.5 Å². The van der Waals surface area contributed by atoms with Gasteiger partial charge in [0.25, 0.3) is 0 Å². The van der Waals surface area contributed by atoms with Gasteiger partial charge in [-0.05, 0) is 22.3 Å². The average Bonchev–Trinajstić information content (AvgIpc) is 2.94. The van der Waals surface area contributed by atoms with Crippen molar-refractivity contribution < 1.29 is 24.5 Å². The molecule has 0 heterocycles. The Morgan fingerprint density at radius 1 is 1.04 bits per heavy atom. The van der Waals surface area contributed by atoms with Gasteiger partial charge in [0, 0.05) is 18.9 Å². The van der Waals surface area contributed by atoms with Gasteiger partial charge in [0.05, 0.1) is 0 Å². The molecule has 130 valence electrons. The van der Waals surface area contributed by atoms with Gasteiger partial charge in [-0.2, -0.15) is 0 Å². The summed E-state index contributed by atoms with van der Waals surface area (Å²) in [5.74, 6) is -1.34. The van der Waals surface area contributed by atoms with E-state index in [9.17, 15) is 9.59 Å². The quantitative estimate of drug-likeness (QED) is 0.750. The SMILES string of the molecule is O=C(NCC[C@@H](O)C(=O)O)OCC1c2ccccc2-c2ccccc21. The summed E-state index contributed by atoms with van der Waals surface area (Å²) >= 11 is 0. The second kappa shape index (κ2) is 7.36. The minimum absolute atomic E-state index is 0.0252. The summed E-state index contributed by atoms with van der Waals surface area (Å²) in [6, 6.07) is 16.1.